The monoisotopic (exact) mass is 305 g/mol. The van der Waals surface area contributed by atoms with Crippen LogP contribution in [0.1, 0.15) is 25.2 Å². The fourth-order valence-corrected chi connectivity index (χ4v) is 1.93. The van der Waals surface area contributed by atoms with Crippen LogP contribution in [0.25, 0.3) is 0 Å². The average Bonchev–Trinajstić information content (AvgIpc) is 2.44. The second-order valence-electron chi connectivity index (χ2n) is 5.34. The van der Waals surface area contributed by atoms with E-state index in [1.807, 2.05) is 19.1 Å². The van der Waals surface area contributed by atoms with Gasteiger partial charge in [0.2, 0.25) is 5.88 Å². The molecule has 1 N–H and O–H groups in total. The van der Waals surface area contributed by atoms with Crippen LogP contribution in [-0.2, 0) is 6.54 Å². The van der Waals surface area contributed by atoms with Crippen LogP contribution in [0.2, 0.25) is 5.02 Å². The molecule has 0 aliphatic heterocycles. The van der Waals surface area contributed by atoms with Crippen molar-refractivity contribution in [3.05, 3.63) is 46.9 Å². The summed E-state index contributed by atoms with van der Waals surface area (Å²) in [4.78, 5) is 8.64. The fourth-order valence-electron chi connectivity index (χ4n) is 1.76. The van der Waals surface area contributed by atoms with Gasteiger partial charge in [-0.3, -0.25) is 4.98 Å². The summed E-state index contributed by atoms with van der Waals surface area (Å²) in [7, 11) is 0. The Morgan fingerprint density at radius 3 is 2.71 bits per heavy atom. The smallest absolute Gasteiger partial charge is 0.219 e. The van der Waals surface area contributed by atoms with Crippen molar-refractivity contribution in [2.75, 3.05) is 6.54 Å². The molecule has 0 spiro atoms. The molecule has 0 amide bonds. The van der Waals surface area contributed by atoms with Gasteiger partial charge < -0.3 is 10.1 Å². The van der Waals surface area contributed by atoms with Crippen molar-refractivity contribution in [3.63, 3.8) is 0 Å². The summed E-state index contributed by atoms with van der Waals surface area (Å²) in [5.41, 5.74) is 1.74. The lowest BCUT2D eigenvalue weighted by Gasteiger charge is -2.10. The predicted molar refractivity (Wildman–Crippen MR) is 84.8 cm³/mol. The zero-order chi connectivity index (χ0) is 15.2. The second-order valence-corrected chi connectivity index (χ2v) is 5.75. The maximum Gasteiger partial charge on any atom is 0.219 e. The summed E-state index contributed by atoms with van der Waals surface area (Å²) in [5, 5.41) is 3.97. The number of rotatable bonds is 6. The number of aryl methyl sites for hydroxylation is 1. The Balaban J connectivity index is 2.05. The third kappa shape index (κ3) is 4.99. The van der Waals surface area contributed by atoms with E-state index in [1.165, 1.54) is 0 Å². The molecule has 4 nitrogen and oxygen atoms in total. The van der Waals surface area contributed by atoms with Crippen LogP contribution in [-0.4, -0.2) is 16.5 Å². The van der Waals surface area contributed by atoms with Crippen molar-refractivity contribution in [1.82, 2.24) is 15.3 Å². The molecule has 21 heavy (non-hydrogen) atoms. The molecule has 2 aromatic heterocycles. The zero-order valence-electron chi connectivity index (χ0n) is 12.6. The van der Waals surface area contributed by atoms with Crippen molar-refractivity contribution in [1.29, 1.82) is 0 Å². The summed E-state index contributed by atoms with van der Waals surface area (Å²) in [6, 6.07) is 7.33. The molecule has 0 unspecified atom stereocenters. The third-order valence-electron chi connectivity index (χ3n) is 2.84. The average molecular weight is 306 g/mol. The lowest BCUT2D eigenvalue weighted by Crippen LogP contribution is -2.19. The maximum absolute atomic E-state index is 6.16. The van der Waals surface area contributed by atoms with Crippen molar-refractivity contribution >= 4 is 11.6 Å². The number of nitrogens with one attached hydrogen (secondary N) is 1. The molecular formula is C16H20ClN3O. The molecule has 2 heterocycles. The first-order chi connectivity index (χ1) is 10.0. The number of halogens is 1. The minimum Gasteiger partial charge on any atom is -0.437 e. The van der Waals surface area contributed by atoms with Gasteiger partial charge in [0, 0.05) is 18.3 Å². The van der Waals surface area contributed by atoms with E-state index in [0.717, 1.165) is 17.9 Å². The first-order valence-electron chi connectivity index (χ1n) is 7.01. The largest absolute Gasteiger partial charge is 0.437 e. The minimum absolute atomic E-state index is 0.520. The van der Waals surface area contributed by atoms with Crippen LogP contribution in [0.15, 0.2) is 30.5 Å². The number of nitrogens with zero attached hydrogens (tertiary/aromatic N) is 2. The van der Waals surface area contributed by atoms with E-state index in [0.29, 0.717) is 29.1 Å². The van der Waals surface area contributed by atoms with Crippen LogP contribution in [0.5, 0.6) is 11.6 Å². The lowest BCUT2D eigenvalue weighted by atomic mass is 10.2. The Kier molecular flexibility index (Phi) is 5.53. The molecule has 0 radical (unpaired) electrons. The quantitative estimate of drug-likeness (QED) is 0.877. The Morgan fingerprint density at radius 1 is 1.24 bits per heavy atom. The molecule has 112 valence electrons. The highest BCUT2D eigenvalue weighted by atomic mass is 35.5. The molecule has 0 bridgehead atoms. The summed E-state index contributed by atoms with van der Waals surface area (Å²) in [6.45, 7) is 7.80. The summed E-state index contributed by atoms with van der Waals surface area (Å²) >= 11 is 6.16. The fraction of sp³-hybridized carbons (Fsp3) is 0.375. The Bertz CT molecular complexity index is 585. The Labute approximate surface area is 130 Å². The summed E-state index contributed by atoms with van der Waals surface area (Å²) < 4.78 is 5.70. The van der Waals surface area contributed by atoms with Gasteiger partial charge in [-0.25, -0.2) is 4.98 Å². The van der Waals surface area contributed by atoms with Gasteiger partial charge in [-0.1, -0.05) is 25.4 Å². The molecular weight excluding hydrogens is 286 g/mol. The molecule has 0 atom stereocenters. The van der Waals surface area contributed by atoms with Gasteiger partial charge in [0.15, 0.2) is 0 Å². The van der Waals surface area contributed by atoms with Gasteiger partial charge in [0.1, 0.15) is 5.75 Å². The highest BCUT2D eigenvalue weighted by molar-refractivity contribution is 6.31. The topological polar surface area (TPSA) is 47.0 Å². The van der Waals surface area contributed by atoms with Gasteiger partial charge >= 0.3 is 0 Å². The number of hydrogen-bond donors (Lipinski definition) is 1. The maximum atomic E-state index is 6.16. The van der Waals surface area contributed by atoms with Crippen LogP contribution in [0, 0.1) is 12.8 Å². The summed E-state index contributed by atoms with van der Waals surface area (Å²) in [5.74, 6) is 1.77. The van der Waals surface area contributed by atoms with Gasteiger partial charge in [0.25, 0.3) is 0 Å². The number of pyridine rings is 2. The van der Waals surface area contributed by atoms with Gasteiger partial charge in [0.05, 0.1) is 16.9 Å². The first kappa shape index (κ1) is 15.7. The van der Waals surface area contributed by atoms with E-state index in [2.05, 4.69) is 29.1 Å². The number of ether oxygens (including phenoxy) is 1. The Morgan fingerprint density at radius 2 is 2.05 bits per heavy atom. The molecule has 0 aromatic carbocycles. The van der Waals surface area contributed by atoms with Crippen LogP contribution >= 0.6 is 11.6 Å². The van der Waals surface area contributed by atoms with Gasteiger partial charge in [-0.15, -0.1) is 0 Å². The molecule has 0 saturated heterocycles. The van der Waals surface area contributed by atoms with E-state index in [4.69, 9.17) is 16.3 Å². The molecule has 5 heteroatoms. The molecule has 0 aliphatic carbocycles. The van der Waals surface area contributed by atoms with Crippen LogP contribution in [0.4, 0.5) is 0 Å². The first-order valence-corrected chi connectivity index (χ1v) is 7.39. The lowest BCUT2D eigenvalue weighted by molar-refractivity contribution is 0.456. The standard InChI is InChI=1S/C16H20ClN3O/c1-11(2)8-18-10-15-14(17)6-7-16(20-15)21-13-5-4-12(3)19-9-13/h4-7,9,11,18H,8,10H2,1-3H3. The minimum atomic E-state index is 0.520. The zero-order valence-corrected chi connectivity index (χ0v) is 13.3. The molecule has 0 aliphatic rings. The van der Waals surface area contributed by atoms with Crippen molar-refractivity contribution in [2.24, 2.45) is 5.92 Å². The predicted octanol–water partition coefficient (Wildman–Crippen LogP) is 3.98. The second kappa shape index (κ2) is 7.38. The highest BCUT2D eigenvalue weighted by Gasteiger charge is 2.06. The highest BCUT2D eigenvalue weighted by Crippen LogP contribution is 2.22. The van der Waals surface area contributed by atoms with Gasteiger partial charge in [-0.05, 0) is 37.6 Å². The van der Waals surface area contributed by atoms with E-state index < -0.39 is 0 Å². The molecule has 0 saturated carbocycles. The van der Waals surface area contributed by atoms with Gasteiger partial charge in [-0.2, -0.15) is 0 Å². The number of aromatic nitrogens is 2. The molecule has 2 aromatic rings. The van der Waals surface area contributed by atoms with E-state index in [1.54, 1.807) is 18.3 Å². The molecule has 2 rings (SSSR count). The number of hydrogen-bond acceptors (Lipinski definition) is 4. The molecule has 0 fully saturated rings. The van der Waals surface area contributed by atoms with Crippen molar-refractivity contribution < 1.29 is 4.74 Å². The van der Waals surface area contributed by atoms with E-state index in [-0.39, 0.29) is 0 Å². The third-order valence-corrected chi connectivity index (χ3v) is 3.19. The van der Waals surface area contributed by atoms with Crippen LogP contribution in [0.3, 0.4) is 0 Å². The van der Waals surface area contributed by atoms with E-state index >= 15 is 0 Å². The van der Waals surface area contributed by atoms with Crippen molar-refractivity contribution in [2.45, 2.75) is 27.3 Å². The Hall–Kier alpha value is -1.65. The van der Waals surface area contributed by atoms with E-state index in [9.17, 15) is 0 Å². The normalized spacial score (nSPS) is 10.9. The van der Waals surface area contributed by atoms with Crippen LogP contribution < -0.4 is 10.1 Å². The summed E-state index contributed by atoms with van der Waals surface area (Å²) in [6.07, 6.45) is 1.68. The SMILES string of the molecule is Cc1ccc(Oc2ccc(Cl)c(CNCC(C)C)n2)cn1. The van der Waals surface area contributed by atoms with Crippen molar-refractivity contribution in [3.8, 4) is 11.6 Å².